The van der Waals surface area contributed by atoms with Gasteiger partial charge in [0.25, 0.3) is 0 Å². The molecule has 0 aromatic carbocycles. The monoisotopic (exact) mass is 163 g/mol. The van der Waals surface area contributed by atoms with Crippen LogP contribution in [-0.2, 0) is 0 Å². The second-order valence-corrected chi connectivity index (χ2v) is 2.71. The Balaban J connectivity index is 2.45. The molecule has 7 heavy (non-hydrogen) atoms. The molecule has 0 aromatic heterocycles. The first-order chi connectivity index (χ1) is 3.41. The first kappa shape index (κ1) is 7.52. The minimum absolute atomic E-state index is 1.12. The molecule has 2 heteroatoms. The van der Waals surface area contributed by atoms with Crippen molar-refractivity contribution >= 4 is 16.9 Å². The van der Waals surface area contributed by atoms with E-state index in [1.165, 1.54) is 18.2 Å². The third-order valence-electron chi connectivity index (χ3n) is 0.808. The quantitative estimate of drug-likeness (QED) is 0.455. The summed E-state index contributed by atoms with van der Waals surface area (Å²) in [7, 11) is 0. The predicted octanol–water partition coefficient (Wildman–Crippen LogP) is 0.0374. The van der Waals surface area contributed by atoms with Crippen molar-refractivity contribution < 1.29 is 0 Å². The molecule has 0 radical (unpaired) electrons. The number of nitrogens with one attached hydrogen (secondary N) is 1. The Hall–Kier alpha value is 0.518. The number of hydrogen-bond acceptors (Lipinski definition) is 1. The van der Waals surface area contributed by atoms with E-state index in [4.69, 9.17) is 0 Å². The third kappa shape index (κ3) is 6.52. The van der Waals surface area contributed by atoms with Gasteiger partial charge in [-0.25, -0.2) is 0 Å². The molecule has 0 rings (SSSR count). The summed E-state index contributed by atoms with van der Waals surface area (Å²) in [5.41, 5.74) is 0. The zero-order valence-corrected chi connectivity index (χ0v) is 7.33. The molecule has 0 amide bonds. The van der Waals surface area contributed by atoms with Crippen LogP contribution in [0.3, 0.4) is 0 Å². The van der Waals surface area contributed by atoms with Gasteiger partial charge in [0.15, 0.2) is 0 Å². The van der Waals surface area contributed by atoms with E-state index in [1.54, 1.807) is 0 Å². The van der Waals surface area contributed by atoms with Crippen LogP contribution < -0.4 is 5.32 Å². The summed E-state index contributed by atoms with van der Waals surface area (Å²) in [6, 6.07) is 0. The van der Waals surface area contributed by atoms with Crippen molar-refractivity contribution in [2.45, 2.75) is 18.6 Å². The van der Waals surface area contributed by atoms with E-state index in [1.807, 2.05) is 16.9 Å². The zero-order chi connectivity index (χ0) is 5.54. The standard InChI is InChI=1S/C5H14AsN/c1-2-7-5-3-4-6/h7H,2-6H2,1H3. The molecule has 1 unspecified atom stereocenters. The molecule has 0 aliphatic heterocycles. The zero-order valence-electron chi connectivity index (χ0n) is 4.91. The molecular weight excluding hydrogens is 149 g/mol. The second-order valence-electron chi connectivity index (χ2n) is 1.50. The van der Waals surface area contributed by atoms with E-state index in [0.717, 1.165) is 6.54 Å². The van der Waals surface area contributed by atoms with Gasteiger partial charge in [0.05, 0.1) is 0 Å². The fourth-order valence-electron chi connectivity index (χ4n) is 0.404. The average Bonchev–Trinajstić information content (AvgIpc) is 1.69. The van der Waals surface area contributed by atoms with Crippen molar-refractivity contribution in [3.63, 3.8) is 0 Å². The van der Waals surface area contributed by atoms with E-state index in [2.05, 4.69) is 12.2 Å². The van der Waals surface area contributed by atoms with Crippen LogP contribution in [0.25, 0.3) is 0 Å². The van der Waals surface area contributed by atoms with Crippen LogP contribution in [-0.4, -0.2) is 29.9 Å². The maximum atomic E-state index is 3.26. The maximum absolute atomic E-state index is 3.26. The summed E-state index contributed by atoms with van der Waals surface area (Å²) >= 11 is 1.83. The molecule has 0 bridgehead atoms. The van der Waals surface area contributed by atoms with Crippen molar-refractivity contribution in [2.75, 3.05) is 13.1 Å². The Labute approximate surface area is 54.4 Å². The van der Waals surface area contributed by atoms with E-state index in [-0.39, 0.29) is 0 Å². The molecule has 0 fully saturated rings. The Kier molecular flexibility index (Phi) is 7.00. The summed E-state index contributed by atoms with van der Waals surface area (Å²) in [5, 5.41) is 4.62. The average molecular weight is 163 g/mol. The molecular formula is C5H14AsN. The molecule has 0 saturated carbocycles. The van der Waals surface area contributed by atoms with Crippen LogP contribution in [0.15, 0.2) is 0 Å². The first-order valence-corrected chi connectivity index (χ1v) is 4.54. The SMILES string of the molecule is CCNCCC[AsH2]. The van der Waals surface area contributed by atoms with Gasteiger partial charge in [-0.05, 0) is 0 Å². The van der Waals surface area contributed by atoms with Gasteiger partial charge in [-0.3, -0.25) is 0 Å². The Morgan fingerprint density at radius 1 is 1.57 bits per heavy atom. The summed E-state index contributed by atoms with van der Waals surface area (Å²) in [4.78, 5) is 0. The van der Waals surface area contributed by atoms with Crippen molar-refractivity contribution in [2.24, 2.45) is 0 Å². The summed E-state index contributed by atoms with van der Waals surface area (Å²) < 4.78 is 0. The van der Waals surface area contributed by atoms with Gasteiger partial charge in [-0.1, -0.05) is 0 Å². The van der Waals surface area contributed by atoms with Crippen LogP contribution >= 0.6 is 0 Å². The Bertz CT molecular complexity index is 27.3. The van der Waals surface area contributed by atoms with Crippen LogP contribution in [0.1, 0.15) is 13.3 Å². The summed E-state index contributed by atoms with van der Waals surface area (Å²) in [6.45, 7) is 4.46. The van der Waals surface area contributed by atoms with Gasteiger partial charge < -0.3 is 0 Å². The first-order valence-electron chi connectivity index (χ1n) is 2.82. The molecule has 0 spiro atoms. The molecule has 1 atom stereocenters. The van der Waals surface area contributed by atoms with Crippen LogP contribution in [0, 0.1) is 0 Å². The van der Waals surface area contributed by atoms with Crippen LogP contribution in [0.4, 0.5) is 0 Å². The van der Waals surface area contributed by atoms with Crippen molar-refractivity contribution in [3.05, 3.63) is 0 Å². The second kappa shape index (κ2) is 6.52. The normalized spacial score (nSPS) is 9.43. The minimum atomic E-state index is 1.12. The van der Waals surface area contributed by atoms with E-state index >= 15 is 0 Å². The van der Waals surface area contributed by atoms with Crippen molar-refractivity contribution in [1.29, 1.82) is 0 Å². The van der Waals surface area contributed by atoms with Crippen molar-refractivity contribution in [3.8, 4) is 0 Å². The molecule has 0 saturated heterocycles. The molecule has 1 N–H and O–H groups in total. The predicted molar refractivity (Wildman–Crippen MR) is 36.5 cm³/mol. The van der Waals surface area contributed by atoms with Gasteiger partial charge in [-0.2, -0.15) is 0 Å². The molecule has 0 aliphatic carbocycles. The molecule has 1 nitrogen and oxygen atoms in total. The van der Waals surface area contributed by atoms with Gasteiger partial charge in [0, 0.05) is 0 Å². The van der Waals surface area contributed by atoms with Gasteiger partial charge in [0.2, 0.25) is 0 Å². The summed E-state index contributed by atoms with van der Waals surface area (Å²) in [6.07, 6.45) is 1.34. The topological polar surface area (TPSA) is 12.0 Å². The van der Waals surface area contributed by atoms with Crippen LogP contribution in [0.5, 0.6) is 0 Å². The number of hydrogen-bond donors (Lipinski definition) is 1. The molecule has 0 heterocycles. The van der Waals surface area contributed by atoms with Gasteiger partial charge in [0.1, 0.15) is 0 Å². The summed E-state index contributed by atoms with van der Waals surface area (Å²) in [5.74, 6) is 0. The molecule has 44 valence electrons. The van der Waals surface area contributed by atoms with E-state index in [9.17, 15) is 0 Å². The molecule has 0 aliphatic rings. The van der Waals surface area contributed by atoms with Gasteiger partial charge >= 0.3 is 53.8 Å². The number of rotatable bonds is 4. The Morgan fingerprint density at radius 2 is 2.29 bits per heavy atom. The third-order valence-corrected chi connectivity index (χ3v) is 1.66. The van der Waals surface area contributed by atoms with Crippen LogP contribution in [0.2, 0.25) is 5.21 Å². The van der Waals surface area contributed by atoms with Crippen molar-refractivity contribution in [1.82, 2.24) is 5.32 Å². The van der Waals surface area contributed by atoms with E-state index in [0.29, 0.717) is 0 Å². The molecule has 0 aromatic rings. The van der Waals surface area contributed by atoms with E-state index < -0.39 is 0 Å². The fourth-order valence-corrected chi connectivity index (χ4v) is 0.832. The fraction of sp³-hybridized carbons (Fsp3) is 1.00. The van der Waals surface area contributed by atoms with Gasteiger partial charge in [-0.15, -0.1) is 0 Å². The Morgan fingerprint density at radius 3 is 2.71 bits per heavy atom.